The van der Waals surface area contributed by atoms with Gasteiger partial charge in [-0.3, -0.25) is 8.97 Å². The SMILES string of the molecule is Cc1c(C)n2c3ccccc3nc2n1-c1cc(-c2ccccc2)ccn1. The Morgan fingerprint density at radius 3 is 2.38 bits per heavy atom. The van der Waals surface area contributed by atoms with Crippen molar-refractivity contribution in [3.8, 4) is 16.9 Å². The number of hydrogen-bond acceptors (Lipinski definition) is 2. The smallest absolute Gasteiger partial charge is 0.221 e. The third-order valence-corrected chi connectivity index (χ3v) is 5.02. The van der Waals surface area contributed by atoms with Gasteiger partial charge in [-0.15, -0.1) is 0 Å². The van der Waals surface area contributed by atoms with Crippen LogP contribution >= 0.6 is 0 Å². The molecule has 5 aromatic rings. The molecule has 0 saturated heterocycles. The predicted octanol–water partition coefficient (Wildman–Crippen LogP) is 4.96. The molecule has 126 valence electrons. The van der Waals surface area contributed by atoms with Crippen LogP contribution in [0.15, 0.2) is 72.9 Å². The second-order valence-electron chi connectivity index (χ2n) is 6.51. The number of pyridine rings is 1. The third kappa shape index (κ3) is 2.09. The number of imidazole rings is 2. The fourth-order valence-electron chi connectivity index (χ4n) is 3.59. The fraction of sp³-hybridized carbons (Fsp3) is 0.0909. The van der Waals surface area contributed by atoms with Crippen LogP contribution in [0.5, 0.6) is 0 Å². The highest BCUT2D eigenvalue weighted by Gasteiger charge is 2.18. The van der Waals surface area contributed by atoms with Gasteiger partial charge in [0.1, 0.15) is 5.82 Å². The van der Waals surface area contributed by atoms with Crippen LogP contribution in [0, 0.1) is 13.8 Å². The van der Waals surface area contributed by atoms with Crippen molar-refractivity contribution < 1.29 is 0 Å². The van der Waals surface area contributed by atoms with Crippen molar-refractivity contribution in [2.75, 3.05) is 0 Å². The Bertz CT molecular complexity index is 1250. The molecule has 0 bridgehead atoms. The molecular weight excluding hydrogens is 320 g/mol. The van der Waals surface area contributed by atoms with Gasteiger partial charge in [0.25, 0.3) is 0 Å². The largest absolute Gasteiger partial charge is 0.280 e. The molecule has 3 aromatic heterocycles. The molecule has 0 amide bonds. The summed E-state index contributed by atoms with van der Waals surface area (Å²) in [5.41, 5.74) is 6.79. The lowest BCUT2D eigenvalue weighted by Crippen LogP contribution is -2.00. The van der Waals surface area contributed by atoms with E-state index in [1.807, 2.05) is 24.4 Å². The number of rotatable bonds is 2. The molecule has 0 saturated carbocycles. The van der Waals surface area contributed by atoms with Gasteiger partial charge in [0.2, 0.25) is 5.78 Å². The van der Waals surface area contributed by atoms with Crippen LogP contribution < -0.4 is 0 Å². The molecule has 2 aromatic carbocycles. The van der Waals surface area contributed by atoms with Gasteiger partial charge in [0.05, 0.1) is 11.0 Å². The van der Waals surface area contributed by atoms with E-state index in [9.17, 15) is 0 Å². The van der Waals surface area contributed by atoms with Crippen molar-refractivity contribution in [2.45, 2.75) is 13.8 Å². The van der Waals surface area contributed by atoms with Crippen LogP contribution in [0.1, 0.15) is 11.4 Å². The minimum Gasteiger partial charge on any atom is -0.280 e. The standard InChI is InChI=1S/C22H18N4/c1-15-16(2)26(22-24-19-10-6-7-11-20(19)25(15)22)21-14-18(12-13-23-21)17-8-4-3-5-9-17/h3-14H,1-2H3. The Labute approximate surface area is 151 Å². The van der Waals surface area contributed by atoms with E-state index in [4.69, 9.17) is 4.98 Å². The summed E-state index contributed by atoms with van der Waals surface area (Å²) >= 11 is 0. The van der Waals surface area contributed by atoms with Gasteiger partial charge in [0.15, 0.2) is 0 Å². The minimum absolute atomic E-state index is 0.886. The number of nitrogens with zero attached hydrogens (tertiary/aromatic N) is 4. The summed E-state index contributed by atoms with van der Waals surface area (Å²) in [6.07, 6.45) is 1.87. The lowest BCUT2D eigenvalue weighted by atomic mass is 10.1. The first-order chi connectivity index (χ1) is 12.7. The highest BCUT2D eigenvalue weighted by molar-refractivity contribution is 5.81. The summed E-state index contributed by atoms with van der Waals surface area (Å²) in [4.78, 5) is 9.50. The van der Waals surface area contributed by atoms with Crippen LogP contribution in [0.2, 0.25) is 0 Å². The summed E-state index contributed by atoms with van der Waals surface area (Å²) in [6, 6.07) is 22.8. The van der Waals surface area contributed by atoms with E-state index < -0.39 is 0 Å². The molecule has 0 fully saturated rings. The Kier molecular flexibility index (Phi) is 3.19. The molecule has 0 aliphatic carbocycles. The van der Waals surface area contributed by atoms with Gasteiger partial charge in [-0.25, -0.2) is 9.97 Å². The first-order valence-electron chi connectivity index (χ1n) is 8.71. The maximum absolute atomic E-state index is 4.86. The second kappa shape index (κ2) is 5.56. The number of para-hydroxylation sites is 2. The number of aromatic nitrogens is 4. The van der Waals surface area contributed by atoms with E-state index in [-0.39, 0.29) is 0 Å². The first kappa shape index (κ1) is 14.9. The third-order valence-electron chi connectivity index (χ3n) is 5.02. The van der Waals surface area contributed by atoms with Crippen LogP contribution in [0.25, 0.3) is 33.8 Å². The van der Waals surface area contributed by atoms with Crippen molar-refractivity contribution in [3.05, 3.63) is 84.3 Å². The highest BCUT2D eigenvalue weighted by Crippen LogP contribution is 2.27. The summed E-state index contributed by atoms with van der Waals surface area (Å²) < 4.78 is 4.35. The van der Waals surface area contributed by atoms with Gasteiger partial charge in [0, 0.05) is 17.6 Å². The first-order valence-corrected chi connectivity index (χ1v) is 8.71. The van der Waals surface area contributed by atoms with E-state index >= 15 is 0 Å². The summed E-state index contributed by atoms with van der Waals surface area (Å²) in [5, 5.41) is 0. The van der Waals surface area contributed by atoms with Gasteiger partial charge in [-0.1, -0.05) is 42.5 Å². The Hall–Kier alpha value is -3.40. The Morgan fingerprint density at radius 1 is 0.769 bits per heavy atom. The quantitative estimate of drug-likeness (QED) is 0.456. The van der Waals surface area contributed by atoms with Crippen molar-refractivity contribution >= 4 is 16.8 Å². The van der Waals surface area contributed by atoms with Gasteiger partial charge < -0.3 is 0 Å². The number of fused-ring (bicyclic) bond motifs is 3. The molecule has 0 aliphatic rings. The number of aryl methyl sites for hydroxylation is 1. The molecule has 0 atom stereocenters. The predicted molar refractivity (Wildman–Crippen MR) is 105 cm³/mol. The van der Waals surface area contributed by atoms with E-state index in [2.05, 4.69) is 76.3 Å². The Morgan fingerprint density at radius 2 is 1.54 bits per heavy atom. The van der Waals surface area contributed by atoms with Crippen molar-refractivity contribution in [1.82, 2.24) is 18.9 Å². The molecule has 0 N–H and O–H groups in total. The maximum Gasteiger partial charge on any atom is 0.221 e. The molecule has 0 spiro atoms. The minimum atomic E-state index is 0.886. The molecule has 3 heterocycles. The molecule has 0 aliphatic heterocycles. The van der Waals surface area contributed by atoms with E-state index in [1.54, 1.807) is 0 Å². The summed E-state index contributed by atoms with van der Waals surface area (Å²) in [5.74, 6) is 1.79. The number of hydrogen-bond donors (Lipinski definition) is 0. The fourth-order valence-corrected chi connectivity index (χ4v) is 3.59. The van der Waals surface area contributed by atoms with Crippen molar-refractivity contribution in [2.24, 2.45) is 0 Å². The van der Waals surface area contributed by atoms with E-state index in [0.29, 0.717) is 0 Å². The topological polar surface area (TPSA) is 35.1 Å². The normalized spacial score (nSPS) is 11.5. The second-order valence-corrected chi connectivity index (χ2v) is 6.51. The van der Waals surface area contributed by atoms with Gasteiger partial charge in [-0.05, 0) is 49.2 Å². The van der Waals surface area contributed by atoms with Crippen LogP contribution in [-0.2, 0) is 0 Å². The molecule has 4 heteroatoms. The molecule has 0 radical (unpaired) electrons. The zero-order valence-corrected chi connectivity index (χ0v) is 14.7. The van der Waals surface area contributed by atoms with Crippen molar-refractivity contribution in [1.29, 1.82) is 0 Å². The summed E-state index contributed by atoms with van der Waals surface area (Å²) in [7, 11) is 0. The molecule has 0 unspecified atom stereocenters. The molecule has 4 nitrogen and oxygen atoms in total. The maximum atomic E-state index is 4.86. The Balaban J connectivity index is 1.79. The molecule has 5 rings (SSSR count). The molecular formula is C22H18N4. The van der Waals surface area contributed by atoms with E-state index in [1.165, 1.54) is 11.3 Å². The lowest BCUT2D eigenvalue weighted by Gasteiger charge is -2.08. The molecule has 26 heavy (non-hydrogen) atoms. The monoisotopic (exact) mass is 338 g/mol. The van der Waals surface area contributed by atoms with Gasteiger partial charge >= 0.3 is 0 Å². The highest BCUT2D eigenvalue weighted by atomic mass is 15.2. The summed E-state index contributed by atoms with van der Waals surface area (Å²) in [6.45, 7) is 4.25. The van der Waals surface area contributed by atoms with E-state index in [0.717, 1.165) is 33.9 Å². The average Bonchev–Trinajstić information content (AvgIpc) is 3.18. The van der Waals surface area contributed by atoms with Crippen molar-refractivity contribution in [3.63, 3.8) is 0 Å². The van der Waals surface area contributed by atoms with Crippen LogP contribution in [0.4, 0.5) is 0 Å². The zero-order chi connectivity index (χ0) is 17.7. The number of benzene rings is 2. The average molecular weight is 338 g/mol. The van der Waals surface area contributed by atoms with Crippen LogP contribution in [0.3, 0.4) is 0 Å². The lowest BCUT2D eigenvalue weighted by molar-refractivity contribution is 0.971. The van der Waals surface area contributed by atoms with Crippen LogP contribution in [-0.4, -0.2) is 18.9 Å². The van der Waals surface area contributed by atoms with Gasteiger partial charge in [-0.2, -0.15) is 0 Å². The zero-order valence-electron chi connectivity index (χ0n) is 14.7.